The van der Waals surface area contributed by atoms with E-state index in [1.165, 1.54) is 16.7 Å². The molecule has 2 aromatic rings. The first-order valence-electron chi connectivity index (χ1n) is 8.82. The molecule has 2 aromatic carbocycles. The lowest BCUT2D eigenvalue weighted by atomic mass is 10.2. The summed E-state index contributed by atoms with van der Waals surface area (Å²) in [6.45, 7) is 0.789. The smallest absolute Gasteiger partial charge is 0.265 e. The molecule has 0 unspecified atom stereocenters. The van der Waals surface area contributed by atoms with Crippen molar-refractivity contribution < 1.29 is 19.1 Å². The SMILES string of the molecule is COCCNC(=O)CN1C(=O)C(=Cc2ccc(OC)cc2)Sc2ccccc21. The lowest BCUT2D eigenvalue weighted by molar-refractivity contribution is -0.122. The van der Waals surface area contributed by atoms with Gasteiger partial charge in [-0.15, -0.1) is 0 Å². The van der Waals surface area contributed by atoms with Crippen molar-refractivity contribution >= 4 is 35.3 Å². The second-order valence-electron chi connectivity index (χ2n) is 6.09. The van der Waals surface area contributed by atoms with E-state index in [9.17, 15) is 9.59 Å². The van der Waals surface area contributed by atoms with Crippen LogP contribution in [0.3, 0.4) is 0 Å². The van der Waals surface area contributed by atoms with Crippen molar-refractivity contribution in [3.63, 3.8) is 0 Å². The quantitative estimate of drug-likeness (QED) is 0.574. The van der Waals surface area contributed by atoms with Crippen molar-refractivity contribution in [2.45, 2.75) is 4.90 Å². The second-order valence-corrected chi connectivity index (χ2v) is 7.17. The van der Waals surface area contributed by atoms with Crippen LogP contribution in [0.1, 0.15) is 5.56 Å². The molecule has 6 nitrogen and oxygen atoms in total. The normalized spacial score (nSPS) is 14.7. The van der Waals surface area contributed by atoms with Crippen molar-refractivity contribution in [1.82, 2.24) is 5.32 Å². The molecule has 0 aromatic heterocycles. The number of methoxy groups -OCH3 is 2. The van der Waals surface area contributed by atoms with Gasteiger partial charge in [-0.3, -0.25) is 14.5 Å². The molecule has 28 heavy (non-hydrogen) atoms. The molecule has 0 atom stereocenters. The topological polar surface area (TPSA) is 67.9 Å². The van der Waals surface area contributed by atoms with Gasteiger partial charge in [0.25, 0.3) is 5.91 Å². The van der Waals surface area contributed by atoms with Gasteiger partial charge in [0.2, 0.25) is 5.91 Å². The predicted octanol–water partition coefficient (Wildman–Crippen LogP) is 2.94. The Bertz CT molecular complexity index is 880. The number of nitrogens with one attached hydrogen (secondary N) is 1. The van der Waals surface area contributed by atoms with E-state index >= 15 is 0 Å². The monoisotopic (exact) mass is 398 g/mol. The van der Waals surface area contributed by atoms with Gasteiger partial charge in [-0.1, -0.05) is 36.0 Å². The van der Waals surface area contributed by atoms with E-state index in [2.05, 4.69) is 5.32 Å². The molecule has 1 N–H and O–H groups in total. The number of benzene rings is 2. The Balaban J connectivity index is 1.85. The predicted molar refractivity (Wildman–Crippen MR) is 111 cm³/mol. The Morgan fingerprint density at radius 3 is 2.61 bits per heavy atom. The average Bonchev–Trinajstić information content (AvgIpc) is 2.72. The highest BCUT2D eigenvalue weighted by atomic mass is 32.2. The molecule has 0 fully saturated rings. The number of hydrogen-bond donors (Lipinski definition) is 1. The molecule has 0 saturated heterocycles. The number of fused-ring (bicyclic) bond motifs is 1. The van der Waals surface area contributed by atoms with Crippen molar-refractivity contribution in [1.29, 1.82) is 0 Å². The Labute approximate surface area is 168 Å². The van der Waals surface area contributed by atoms with Gasteiger partial charge < -0.3 is 14.8 Å². The molecule has 0 bridgehead atoms. The van der Waals surface area contributed by atoms with Crippen molar-refractivity contribution in [3.05, 3.63) is 59.0 Å². The molecule has 7 heteroatoms. The minimum atomic E-state index is -0.226. The van der Waals surface area contributed by atoms with E-state index in [1.54, 1.807) is 14.2 Å². The second kappa shape index (κ2) is 9.43. The summed E-state index contributed by atoms with van der Waals surface area (Å²) in [7, 11) is 3.19. The largest absolute Gasteiger partial charge is 0.497 e. The maximum atomic E-state index is 13.1. The van der Waals surface area contributed by atoms with Gasteiger partial charge in [0.1, 0.15) is 12.3 Å². The minimum Gasteiger partial charge on any atom is -0.497 e. The van der Waals surface area contributed by atoms with Crippen LogP contribution in [-0.4, -0.2) is 45.7 Å². The fourth-order valence-corrected chi connectivity index (χ4v) is 3.82. The molecule has 0 spiro atoms. The van der Waals surface area contributed by atoms with Crippen molar-refractivity contribution in [2.75, 3.05) is 38.8 Å². The van der Waals surface area contributed by atoms with Crippen LogP contribution in [-0.2, 0) is 14.3 Å². The van der Waals surface area contributed by atoms with Gasteiger partial charge in [0, 0.05) is 18.6 Å². The molecule has 0 saturated carbocycles. The van der Waals surface area contributed by atoms with E-state index < -0.39 is 0 Å². The summed E-state index contributed by atoms with van der Waals surface area (Å²) in [5, 5.41) is 2.76. The number of amides is 2. The minimum absolute atomic E-state index is 0.0416. The van der Waals surface area contributed by atoms with E-state index in [0.29, 0.717) is 18.1 Å². The average molecular weight is 398 g/mol. The van der Waals surface area contributed by atoms with Gasteiger partial charge in [0.15, 0.2) is 0 Å². The van der Waals surface area contributed by atoms with E-state index in [0.717, 1.165) is 21.9 Å². The standard InChI is InChI=1S/C21H22N2O4S/c1-26-12-11-22-20(24)14-23-17-5-3-4-6-18(17)28-19(21(23)25)13-15-7-9-16(27-2)10-8-15/h3-10,13H,11-12,14H2,1-2H3,(H,22,24). The summed E-state index contributed by atoms with van der Waals surface area (Å²) in [6.07, 6.45) is 1.83. The number of carbonyl (C=O) groups excluding carboxylic acids is 2. The fraction of sp³-hybridized carbons (Fsp3) is 0.238. The lowest BCUT2D eigenvalue weighted by Gasteiger charge is -2.29. The third-order valence-electron chi connectivity index (χ3n) is 4.18. The van der Waals surface area contributed by atoms with Gasteiger partial charge in [-0.25, -0.2) is 0 Å². The molecule has 0 aliphatic carbocycles. The third-order valence-corrected chi connectivity index (χ3v) is 5.25. The number of ether oxygens (including phenoxy) is 2. The summed E-state index contributed by atoms with van der Waals surface area (Å²) in [6, 6.07) is 15.1. The molecule has 1 aliphatic rings. The van der Waals surface area contributed by atoms with Crippen molar-refractivity contribution in [2.24, 2.45) is 0 Å². The van der Waals surface area contributed by atoms with Crippen LogP contribution in [0.25, 0.3) is 6.08 Å². The maximum Gasteiger partial charge on any atom is 0.265 e. The van der Waals surface area contributed by atoms with Crippen LogP contribution < -0.4 is 15.0 Å². The summed E-state index contributed by atoms with van der Waals surface area (Å²) < 4.78 is 10.1. The Morgan fingerprint density at radius 2 is 1.89 bits per heavy atom. The Kier molecular flexibility index (Phi) is 6.73. The van der Waals surface area contributed by atoms with Crippen LogP contribution >= 0.6 is 11.8 Å². The Hall–Kier alpha value is -2.77. The van der Waals surface area contributed by atoms with E-state index in [4.69, 9.17) is 9.47 Å². The fourth-order valence-electron chi connectivity index (χ4n) is 2.76. The molecular formula is C21H22N2O4S. The van der Waals surface area contributed by atoms with Crippen LogP contribution in [0.5, 0.6) is 5.75 Å². The van der Waals surface area contributed by atoms with Gasteiger partial charge in [-0.05, 0) is 35.9 Å². The van der Waals surface area contributed by atoms with E-state index in [-0.39, 0.29) is 18.4 Å². The number of nitrogens with zero attached hydrogens (tertiary/aromatic N) is 1. The highest BCUT2D eigenvalue weighted by Gasteiger charge is 2.30. The zero-order valence-corrected chi connectivity index (χ0v) is 16.6. The first-order valence-corrected chi connectivity index (χ1v) is 9.64. The zero-order valence-electron chi connectivity index (χ0n) is 15.8. The molecular weight excluding hydrogens is 376 g/mol. The van der Waals surface area contributed by atoms with Crippen LogP contribution in [0.2, 0.25) is 0 Å². The highest BCUT2D eigenvalue weighted by molar-refractivity contribution is 8.04. The number of hydrogen-bond acceptors (Lipinski definition) is 5. The Morgan fingerprint density at radius 1 is 1.14 bits per heavy atom. The summed E-state index contributed by atoms with van der Waals surface area (Å²) in [5.74, 6) is 0.335. The lowest BCUT2D eigenvalue weighted by Crippen LogP contribution is -2.43. The zero-order chi connectivity index (χ0) is 19.9. The summed E-state index contributed by atoms with van der Waals surface area (Å²) in [5.41, 5.74) is 1.63. The van der Waals surface area contributed by atoms with Crippen LogP contribution in [0.4, 0.5) is 5.69 Å². The summed E-state index contributed by atoms with van der Waals surface area (Å²) >= 11 is 1.41. The van der Waals surface area contributed by atoms with Crippen LogP contribution in [0.15, 0.2) is 58.3 Å². The van der Waals surface area contributed by atoms with Gasteiger partial charge >= 0.3 is 0 Å². The molecule has 146 valence electrons. The number of carbonyl (C=O) groups is 2. The maximum absolute atomic E-state index is 13.1. The van der Waals surface area contributed by atoms with Gasteiger partial charge in [0.05, 0.1) is 24.3 Å². The van der Waals surface area contributed by atoms with Crippen LogP contribution in [0, 0.1) is 0 Å². The third kappa shape index (κ3) is 4.74. The number of thioether (sulfide) groups is 1. The molecule has 3 rings (SSSR count). The van der Waals surface area contributed by atoms with Crippen molar-refractivity contribution in [3.8, 4) is 5.75 Å². The number of para-hydroxylation sites is 1. The first kappa shape index (κ1) is 20.0. The van der Waals surface area contributed by atoms with E-state index in [1.807, 2.05) is 54.6 Å². The summed E-state index contributed by atoms with van der Waals surface area (Å²) in [4.78, 5) is 28.4. The molecule has 2 amide bonds. The molecule has 0 radical (unpaired) electrons. The van der Waals surface area contributed by atoms with Gasteiger partial charge in [-0.2, -0.15) is 0 Å². The number of anilines is 1. The molecule has 1 heterocycles. The number of rotatable bonds is 7. The first-order chi connectivity index (χ1) is 13.6. The molecule has 1 aliphatic heterocycles. The highest BCUT2D eigenvalue weighted by Crippen LogP contribution is 2.41.